The molecule has 124 valence electrons. The van der Waals surface area contributed by atoms with Gasteiger partial charge in [0.05, 0.1) is 11.9 Å². The molecule has 0 unspecified atom stereocenters. The number of aromatic nitrogens is 3. The maximum absolute atomic E-state index is 13.0. The quantitative estimate of drug-likeness (QED) is 0.622. The van der Waals surface area contributed by atoms with Gasteiger partial charge in [0.2, 0.25) is 22.8 Å². The molecule has 0 fully saturated rings. The zero-order chi connectivity index (χ0) is 17.4. The molecule has 6 nitrogen and oxygen atoms in total. The van der Waals surface area contributed by atoms with Gasteiger partial charge in [-0.1, -0.05) is 24.3 Å². The molecule has 0 bridgehead atoms. The predicted octanol–water partition coefficient (Wildman–Crippen LogP) is 2.94. The van der Waals surface area contributed by atoms with Crippen LogP contribution in [0.25, 0.3) is 22.6 Å². The van der Waals surface area contributed by atoms with Crippen molar-refractivity contribution in [3.05, 3.63) is 76.5 Å². The SMILES string of the molecule is O=c1c(O)c(-c2ncn(Cc3ccc(F)cc3)n2)oc2ccccc12. The van der Waals surface area contributed by atoms with Crippen molar-refractivity contribution in [1.82, 2.24) is 14.8 Å². The molecule has 2 aromatic carbocycles. The summed E-state index contributed by atoms with van der Waals surface area (Å²) in [6, 6.07) is 12.6. The van der Waals surface area contributed by atoms with Crippen molar-refractivity contribution in [1.29, 1.82) is 0 Å². The van der Waals surface area contributed by atoms with Crippen molar-refractivity contribution in [3.63, 3.8) is 0 Å². The van der Waals surface area contributed by atoms with Crippen molar-refractivity contribution in [2.24, 2.45) is 0 Å². The van der Waals surface area contributed by atoms with E-state index in [9.17, 15) is 14.3 Å². The normalized spacial score (nSPS) is 11.1. The summed E-state index contributed by atoms with van der Waals surface area (Å²) in [5.74, 6) is -0.826. The van der Waals surface area contributed by atoms with Gasteiger partial charge < -0.3 is 9.52 Å². The Bertz CT molecular complexity index is 1120. The number of hydrogen-bond acceptors (Lipinski definition) is 5. The minimum Gasteiger partial charge on any atom is -0.501 e. The molecule has 2 heterocycles. The predicted molar refractivity (Wildman–Crippen MR) is 88.7 cm³/mol. The average Bonchev–Trinajstić information content (AvgIpc) is 3.08. The Hall–Kier alpha value is -3.48. The number of para-hydroxylation sites is 1. The highest BCUT2D eigenvalue weighted by atomic mass is 19.1. The van der Waals surface area contributed by atoms with Crippen LogP contribution < -0.4 is 5.43 Å². The van der Waals surface area contributed by atoms with E-state index in [1.54, 1.807) is 36.4 Å². The van der Waals surface area contributed by atoms with Crippen LogP contribution in [0.15, 0.2) is 64.1 Å². The second-order valence-corrected chi connectivity index (χ2v) is 5.50. The van der Waals surface area contributed by atoms with Crippen LogP contribution in [-0.4, -0.2) is 19.9 Å². The van der Waals surface area contributed by atoms with Crippen molar-refractivity contribution in [2.45, 2.75) is 6.54 Å². The minimum atomic E-state index is -0.535. The number of benzene rings is 2. The van der Waals surface area contributed by atoms with Crippen LogP contribution in [0.1, 0.15) is 5.56 Å². The Morgan fingerprint density at radius 3 is 2.68 bits per heavy atom. The molecule has 0 atom stereocenters. The van der Waals surface area contributed by atoms with Crippen LogP contribution in [-0.2, 0) is 6.54 Å². The average molecular weight is 337 g/mol. The van der Waals surface area contributed by atoms with E-state index in [0.717, 1.165) is 5.56 Å². The first-order valence-corrected chi connectivity index (χ1v) is 7.51. The number of halogens is 1. The zero-order valence-electron chi connectivity index (χ0n) is 12.9. The minimum absolute atomic E-state index is 0.0819. The molecule has 25 heavy (non-hydrogen) atoms. The van der Waals surface area contributed by atoms with E-state index in [4.69, 9.17) is 4.42 Å². The lowest BCUT2D eigenvalue weighted by Gasteiger charge is -2.03. The van der Waals surface area contributed by atoms with Gasteiger partial charge in [-0.2, -0.15) is 0 Å². The molecule has 0 amide bonds. The second-order valence-electron chi connectivity index (χ2n) is 5.50. The van der Waals surface area contributed by atoms with Crippen LogP contribution in [0.5, 0.6) is 5.75 Å². The van der Waals surface area contributed by atoms with Gasteiger partial charge in [0, 0.05) is 0 Å². The first-order chi connectivity index (χ1) is 12.1. The Morgan fingerprint density at radius 1 is 1.12 bits per heavy atom. The highest BCUT2D eigenvalue weighted by molar-refractivity contribution is 5.80. The van der Waals surface area contributed by atoms with Gasteiger partial charge in [-0.25, -0.2) is 14.1 Å². The molecule has 0 radical (unpaired) electrons. The second kappa shape index (κ2) is 5.86. The Labute approximate surface area is 140 Å². The van der Waals surface area contributed by atoms with E-state index in [1.165, 1.54) is 23.1 Å². The molecule has 2 aromatic heterocycles. The van der Waals surface area contributed by atoms with E-state index < -0.39 is 11.2 Å². The summed E-state index contributed by atoms with van der Waals surface area (Å²) in [6.45, 7) is 0.367. The summed E-state index contributed by atoms with van der Waals surface area (Å²) >= 11 is 0. The number of nitrogens with zero attached hydrogens (tertiary/aromatic N) is 3. The van der Waals surface area contributed by atoms with Crippen molar-refractivity contribution in [3.8, 4) is 17.3 Å². The van der Waals surface area contributed by atoms with Gasteiger partial charge >= 0.3 is 0 Å². The Balaban J connectivity index is 1.72. The lowest BCUT2D eigenvalue weighted by Crippen LogP contribution is -2.04. The third-order valence-corrected chi connectivity index (χ3v) is 3.77. The lowest BCUT2D eigenvalue weighted by molar-refractivity contribution is 0.447. The molecule has 7 heteroatoms. The molecule has 1 N–H and O–H groups in total. The Morgan fingerprint density at radius 2 is 1.88 bits per heavy atom. The van der Waals surface area contributed by atoms with Gasteiger partial charge in [-0.15, -0.1) is 5.10 Å². The summed E-state index contributed by atoms with van der Waals surface area (Å²) in [5.41, 5.74) is 0.643. The van der Waals surface area contributed by atoms with Crippen LogP contribution in [0.3, 0.4) is 0 Å². The highest BCUT2D eigenvalue weighted by Crippen LogP contribution is 2.27. The van der Waals surface area contributed by atoms with Gasteiger partial charge in [0.1, 0.15) is 17.7 Å². The summed E-state index contributed by atoms with van der Waals surface area (Å²) in [5, 5.41) is 14.7. The van der Waals surface area contributed by atoms with Crippen molar-refractivity contribution < 1.29 is 13.9 Å². The Kier molecular flexibility index (Phi) is 3.53. The number of rotatable bonds is 3. The van der Waals surface area contributed by atoms with Gasteiger partial charge in [0.25, 0.3) is 0 Å². The fraction of sp³-hybridized carbons (Fsp3) is 0.0556. The van der Waals surface area contributed by atoms with Gasteiger partial charge in [-0.3, -0.25) is 4.79 Å². The molecule has 0 aliphatic rings. The maximum Gasteiger partial charge on any atom is 0.235 e. The monoisotopic (exact) mass is 337 g/mol. The molecule has 4 rings (SSSR count). The van der Waals surface area contributed by atoms with Crippen LogP contribution in [0.4, 0.5) is 4.39 Å². The third kappa shape index (κ3) is 2.76. The zero-order valence-corrected chi connectivity index (χ0v) is 12.9. The molecule has 0 aliphatic carbocycles. The van der Waals surface area contributed by atoms with E-state index >= 15 is 0 Å². The molecular formula is C18H12FN3O3. The van der Waals surface area contributed by atoms with Crippen LogP contribution in [0, 0.1) is 5.82 Å². The first kappa shape index (κ1) is 15.1. The molecule has 0 aliphatic heterocycles. The molecule has 0 spiro atoms. The highest BCUT2D eigenvalue weighted by Gasteiger charge is 2.18. The van der Waals surface area contributed by atoms with Crippen LogP contribution in [0.2, 0.25) is 0 Å². The molecule has 0 saturated carbocycles. The molecular weight excluding hydrogens is 325 g/mol. The fourth-order valence-electron chi connectivity index (χ4n) is 2.54. The third-order valence-electron chi connectivity index (χ3n) is 3.77. The van der Waals surface area contributed by atoms with Crippen LogP contribution >= 0.6 is 0 Å². The molecule has 0 saturated heterocycles. The summed E-state index contributed by atoms with van der Waals surface area (Å²) in [4.78, 5) is 16.3. The van der Waals surface area contributed by atoms with Crippen molar-refractivity contribution in [2.75, 3.05) is 0 Å². The summed E-state index contributed by atoms with van der Waals surface area (Å²) in [7, 11) is 0. The van der Waals surface area contributed by atoms with E-state index in [0.29, 0.717) is 12.1 Å². The van der Waals surface area contributed by atoms with Gasteiger partial charge in [-0.05, 0) is 29.8 Å². The van der Waals surface area contributed by atoms with E-state index in [-0.39, 0.29) is 22.8 Å². The number of hydrogen-bond donors (Lipinski definition) is 1. The van der Waals surface area contributed by atoms with Crippen molar-refractivity contribution >= 4 is 11.0 Å². The van der Waals surface area contributed by atoms with Gasteiger partial charge in [0.15, 0.2) is 0 Å². The smallest absolute Gasteiger partial charge is 0.235 e. The largest absolute Gasteiger partial charge is 0.501 e. The first-order valence-electron chi connectivity index (χ1n) is 7.51. The van der Waals surface area contributed by atoms with E-state index in [1.807, 2.05) is 0 Å². The lowest BCUT2D eigenvalue weighted by atomic mass is 10.2. The molecule has 4 aromatic rings. The number of fused-ring (bicyclic) bond motifs is 1. The fourth-order valence-corrected chi connectivity index (χ4v) is 2.54. The summed E-state index contributed by atoms with van der Waals surface area (Å²) in [6.07, 6.45) is 1.45. The topological polar surface area (TPSA) is 81.1 Å². The standard InChI is InChI=1S/C18H12FN3O3/c19-12-7-5-11(6-8-12)9-22-10-20-18(21-22)17-16(24)15(23)13-3-1-2-4-14(13)25-17/h1-8,10,24H,9H2. The van der Waals surface area contributed by atoms with E-state index in [2.05, 4.69) is 10.1 Å². The summed E-state index contributed by atoms with van der Waals surface area (Å²) < 4.78 is 20.1. The maximum atomic E-state index is 13.0. The number of aromatic hydroxyl groups is 1.